The first-order valence-electron chi connectivity index (χ1n) is 7.57. The fourth-order valence-electron chi connectivity index (χ4n) is 2.35. The summed E-state index contributed by atoms with van der Waals surface area (Å²) in [6.45, 7) is 2.20. The summed E-state index contributed by atoms with van der Waals surface area (Å²) >= 11 is 1.73. The minimum atomic E-state index is 0.324. The maximum Gasteiger partial charge on any atom is 0.169 e. The smallest absolute Gasteiger partial charge is 0.169 e. The first-order valence-corrected chi connectivity index (χ1v) is 8.39. The van der Waals surface area contributed by atoms with E-state index in [2.05, 4.69) is 37.1 Å². The van der Waals surface area contributed by atoms with Crippen molar-refractivity contribution in [3.05, 3.63) is 65.1 Å². The van der Waals surface area contributed by atoms with Crippen molar-refractivity contribution in [3.63, 3.8) is 0 Å². The van der Waals surface area contributed by atoms with Gasteiger partial charge in [0, 0.05) is 12.0 Å². The Balaban J connectivity index is 1.84. The second-order valence-corrected chi connectivity index (χ2v) is 6.48. The second-order valence-electron chi connectivity index (χ2n) is 5.44. The molecule has 3 rings (SSSR count). The Morgan fingerprint density at radius 2 is 1.78 bits per heavy atom. The molecule has 0 bridgehead atoms. The molecule has 0 amide bonds. The topological polar surface area (TPSA) is 24.8 Å². The highest BCUT2D eigenvalue weighted by atomic mass is 32.2. The van der Waals surface area contributed by atoms with Gasteiger partial charge in [-0.3, -0.25) is 0 Å². The van der Waals surface area contributed by atoms with Gasteiger partial charge in [0.05, 0.1) is 18.8 Å². The van der Waals surface area contributed by atoms with Crippen LogP contribution in [0, 0.1) is 0 Å². The number of para-hydroxylation sites is 1. The molecule has 0 N–H and O–H groups in total. The SMILES string of the molecule is COc1ccc(/C=C2\SC(=Nc3ccccc3)N(C)C2C)cc1. The molecule has 3 nitrogen and oxygen atoms in total. The first-order chi connectivity index (χ1) is 11.2. The monoisotopic (exact) mass is 324 g/mol. The third kappa shape index (κ3) is 3.59. The molecule has 1 fully saturated rings. The van der Waals surface area contributed by atoms with Gasteiger partial charge >= 0.3 is 0 Å². The molecule has 2 aromatic carbocycles. The van der Waals surface area contributed by atoms with Gasteiger partial charge in [-0.2, -0.15) is 0 Å². The van der Waals surface area contributed by atoms with Crippen molar-refractivity contribution >= 4 is 28.7 Å². The van der Waals surface area contributed by atoms with Gasteiger partial charge in [-0.25, -0.2) is 4.99 Å². The van der Waals surface area contributed by atoms with Crippen LogP contribution < -0.4 is 4.74 Å². The van der Waals surface area contributed by atoms with Crippen LogP contribution in [-0.4, -0.2) is 30.3 Å². The van der Waals surface area contributed by atoms with Gasteiger partial charge < -0.3 is 9.64 Å². The van der Waals surface area contributed by atoms with Crippen molar-refractivity contribution < 1.29 is 4.74 Å². The molecular formula is C19H20N2OS. The van der Waals surface area contributed by atoms with Crippen LogP contribution in [0.25, 0.3) is 6.08 Å². The zero-order valence-corrected chi connectivity index (χ0v) is 14.4. The number of aliphatic imine (C=N–C) groups is 1. The Morgan fingerprint density at radius 3 is 2.43 bits per heavy atom. The predicted octanol–water partition coefficient (Wildman–Crippen LogP) is 4.79. The average Bonchev–Trinajstić information content (AvgIpc) is 2.84. The third-order valence-electron chi connectivity index (χ3n) is 3.91. The van der Waals surface area contributed by atoms with Crippen molar-refractivity contribution in [1.29, 1.82) is 0 Å². The number of ether oxygens (including phenoxy) is 1. The maximum absolute atomic E-state index is 5.21. The van der Waals surface area contributed by atoms with Crippen LogP contribution in [0.3, 0.4) is 0 Å². The number of hydrogen-bond donors (Lipinski definition) is 0. The molecule has 0 radical (unpaired) electrons. The van der Waals surface area contributed by atoms with Crippen LogP contribution in [0.15, 0.2) is 64.5 Å². The quantitative estimate of drug-likeness (QED) is 0.811. The number of hydrogen-bond acceptors (Lipinski definition) is 3. The summed E-state index contributed by atoms with van der Waals surface area (Å²) in [6.07, 6.45) is 2.22. The Morgan fingerprint density at radius 1 is 1.09 bits per heavy atom. The third-order valence-corrected chi connectivity index (χ3v) is 5.17. The summed E-state index contributed by atoms with van der Waals surface area (Å²) in [4.78, 5) is 8.27. The standard InChI is InChI=1S/C19H20N2OS/c1-14-18(13-15-9-11-17(22-3)12-10-15)23-19(21(14)2)20-16-7-5-4-6-8-16/h4-14H,1-3H3/b18-13-,20-19?. The molecule has 118 valence electrons. The number of rotatable bonds is 3. The summed E-state index contributed by atoms with van der Waals surface area (Å²) in [5, 5.41) is 1.03. The number of methoxy groups -OCH3 is 1. The van der Waals surface area contributed by atoms with Gasteiger partial charge in [0.15, 0.2) is 5.17 Å². The highest BCUT2D eigenvalue weighted by Crippen LogP contribution is 2.36. The molecule has 0 aromatic heterocycles. The summed E-state index contributed by atoms with van der Waals surface area (Å²) in [7, 11) is 3.78. The van der Waals surface area contributed by atoms with Crippen LogP contribution in [0.2, 0.25) is 0 Å². The van der Waals surface area contributed by atoms with Gasteiger partial charge in [0.2, 0.25) is 0 Å². The van der Waals surface area contributed by atoms with Crippen LogP contribution in [0.4, 0.5) is 5.69 Å². The Hall–Kier alpha value is -2.20. The second kappa shape index (κ2) is 6.92. The molecule has 4 heteroatoms. The van der Waals surface area contributed by atoms with E-state index in [1.165, 1.54) is 10.5 Å². The van der Waals surface area contributed by atoms with Gasteiger partial charge in [-0.05, 0) is 42.8 Å². The Labute approximate surface area is 141 Å². The molecule has 1 atom stereocenters. The van der Waals surface area contributed by atoms with Crippen molar-refractivity contribution in [2.24, 2.45) is 4.99 Å². The van der Waals surface area contributed by atoms with E-state index in [1.54, 1.807) is 18.9 Å². The lowest BCUT2D eigenvalue weighted by molar-refractivity contribution is 0.415. The molecule has 1 unspecified atom stereocenters. The van der Waals surface area contributed by atoms with Crippen LogP contribution in [0.1, 0.15) is 12.5 Å². The van der Waals surface area contributed by atoms with Gasteiger partial charge in [-0.1, -0.05) is 42.1 Å². The number of benzene rings is 2. The maximum atomic E-state index is 5.21. The van der Waals surface area contributed by atoms with Crippen LogP contribution in [-0.2, 0) is 0 Å². The van der Waals surface area contributed by atoms with Gasteiger partial charge in [0.1, 0.15) is 5.75 Å². The van der Waals surface area contributed by atoms with Crippen molar-refractivity contribution in [1.82, 2.24) is 4.90 Å². The summed E-state index contributed by atoms with van der Waals surface area (Å²) in [5.41, 5.74) is 2.16. The first kappa shape index (κ1) is 15.7. The lowest BCUT2D eigenvalue weighted by atomic mass is 10.1. The lowest BCUT2D eigenvalue weighted by Crippen LogP contribution is -2.26. The zero-order chi connectivity index (χ0) is 16.2. The highest BCUT2D eigenvalue weighted by Gasteiger charge is 2.28. The van der Waals surface area contributed by atoms with E-state index in [-0.39, 0.29) is 0 Å². The highest BCUT2D eigenvalue weighted by molar-refractivity contribution is 8.17. The molecule has 23 heavy (non-hydrogen) atoms. The van der Waals surface area contributed by atoms with E-state index in [1.807, 2.05) is 42.5 Å². The molecule has 1 saturated heterocycles. The van der Waals surface area contributed by atoms with E-state index in [9.17, 15) is 0 Å². The largest absolute Gasteiger partial charge is 0.497 e. The zero-order valence-electron chi connectivity index (χ0n) is 13.6. The minimum absolute atomic E-state index is 0.324. The van der Waals surface area contributed by atoms with Crippen molar-refractivity contribution in [3.8, 4) is 5.75 Å². The van der Waals surface area contributed by atoms with Gasteiger partial charge in [-0.15, -0.1) is 0 Å². The van der Waals surface area contributed by atoms with E-state index in [0.717, 1.165) is 16.6 Å². The van der Waals surface area contributed by atoms with E-state index in [4.69, 9.17) is 9.73 Å². The molecule has 0 spiro atoms. The van der Waals surface area contributed by atoms with E-state index >= 15 is 0 Å². The van der Waals surface area contributed by atoms with E-state index in [0.29, 0.717) is 6.04 Å². The predicted molar refractivity (Wildman–Crippen MR) is 99.3 cm³/mol. The summed E-state index contributed by atoms with van der Waals surface area (Å²) in [5.74, 6) is 0.878. The minimum Gasteiger partial charge on any atom is -0.497 e. The molecular weight excluding hydrogens is 304 g/mol. The molecule has 0 saturated carbocycles. The van der Waals surface area contributed by atoms with Crippen LogP contribution in [0.5, 0.6) is 5.75 Å². The molecule has 1 aliphatic heterocycles. The molecule has 0 aliphatic carbocycles. The van der Waals surface area contributed by atoms with Crippen molar-refractivity contribution in [2.75, 3.05) is 14.2 Å². The summed E-state index contributed by atoms with van der Waals surface area (Å²) in [6, 6.07) is 18.5. The number of likely N-dealkylation sites (N-methyl/N-ethyl adjacent to an activating group) is 1. The Kier molecular flexibility index (Phi) is 4.72. The fraction of sp³-hybridized carbons (Fsp3) is 0.211. The van der Waals surface area contributed by atoms with Crippen LogP contribution >= 0.6 is 11.8 Å². The van der Waals surface area contributed by atoms with Crippen molar-refractivity contribution in [2.45, 2.75) is 13.0 Å². The normalized spacial score (nSPS) is 21.2. The number of nitrogens with zero attached hydrogens (tertiary/aromatic N) is 2. The average molecular weight is 324 g/mol. The van der Waals surface area contributed by atoms with Gasteiger partial charge in [0.25, 0.3) is 0 Å². The lowest BCUT2D eigenvalue weighted by Gasteiger charge is -2.16. The number of thioether (sulfide) groups is 1. The Bertz CT molecular complexity index is 723. The molecule has 1 heterocycles. The summed E-state index contributed by atoms with van der Waals surface area (Å²) < 4.78 is 5.21. The fourth-order valence-corrected chi connectivity index (χ4v) is 3.54. The molecule has 2 aromatic rings. The van der Waals surface area contributed by atoms with E-state index < -0.39 is 0 Å². The molecule has 1 aliphatic rings. The number of amidine groups is 1.